The summed E-state index contributed by atoms with van der Waals surface area (Å²) in [6.45, 7) is 10.4. The second kappa shape index (κ2) is 11.8. The lowest BCUT2D eigenvalue weighted by atomic mass is 10.0. The average Bonchev–Trinajstić information content (AvgIpc) is 3.26. The van der Waals surface area contributed by atoms with E-state index in [-0.39, 0.29) is 11.6 Å². The van der Waals surface area contributed by atoms with Gasteiger partial charge in [-0.05, 0) is 93.7 Å². The summed E-state index contributed by atoms with van der Waals surface area (Å²) in [6, 6.07) is 14.3. The summed E-state index contributed by atoms with van der Waals surface area (Å²) in [5, 5.41) is 4.53. The standard InChI is InChI=1S/C29H38FN3O2/c1-20(2)31-13-12-23-17-24-18-25(35-16-6-15-33-14-5-7-21(33)3)9-11-27(24)32-29(23)22-8-10-26(30)28(19-22)34-4/h8-11,17-21,31H,5-7,12-16H2,1-4H3/t21-/m1/s1. The zero-order valence-electron chi connectivity index (χ0n) is 21.4. The van der Waals surface area contributed by atoms with Crippen LogP contribution in [0.5, 0.6) is 11.5 Å². The second-order valence-corrected chi connectivity index (χ2v) is 9.79. The minimum Gasteiger partial charge on any atom is -0.494 e. The number of aromatic nitrogens is 1. The zero-order valence-corrected chi connectivity index (χ0v) is 21.4. The Kier molecular flexibility index (Phi) is 8.58. The van der Waals surface area contributed by atoms with Crippen LogP contribution in [0.15, 0.2) is 42.5 Å². The quantitative estimate of drug-likeness (QED) is 0.350. The van der Waals surface area contributed by atoms with Gasteiger partial charge in [-0.3, -0.25) is 0 Å². The largest absolute Gasteiger partial charge is 0.494 e. The van der Waals surface area contributed by atoms with Crippen molar-refractivity contribution in [2.45, 2.75) is 58.5 Å². The minimum atomic E-state index is -0.374. The SMILES string of the molecule is COc1cc(-c2nc3ccc(OCCCN4CCC[C@H]4C)cc3cc2CCNC(C)C)ccc1F. The average molecular weight is 480 g/mol. The maximum atomic E-state index is 14.0. The van der Waals surface area contributed by atoms with Crippen LogP contribution in [-0.2, 0) is 6.42 Å². The molecule has 2 aromatic carbocycles. The van der Waals surface area contributed by atoms with Crippen LogP contribution in [0.2, 0.25) is 0 Å². The fourth-order valence-electron chi connectivity index (χ4n) is 4.81. The van der Waals surface area contributed by atoms with E-state index in [4.69, 9.17) is 14.5 Å². The molecule has 1 fully saturated rings. The molecule has 0 amide bonds. The number of nitrogens with one attached hydrogen (secondary N) is 1. The molecule has 1 saturated heterocycles. The number of benzene rings is 2. The third-order valence-electron chi connectivity index (χ3n) is 6.79. The number of fused-ring (bicyclic) bond motifs is 1. The van der Waals surface area contributed by atoms with Crippen LogP contribution in [-0.4, -0.2) is 55.3 Å². The lowest BCUT2D eigenvalue weighted by Crippen LogP contribution is -2.28. The highest BCUT2D eigenvalue weighted by atomic mass is 19.1. The van der Waals surface area contributed by atoms with Crippen molar-refractivity contribution in [1.29, 1.82) is 0 Å². The molecule has 35 heavy (non-hydrogen) atoms. The summed E-state index contributed by atoms with van der Waals surface area (Å²) in [6.07, 6.45) is 4.45. The predicted octanol–water partition coefficient (Wildman–Crippen LogP) is 5.84. The van der Waals surface area contributed by atoms with Gasteiger partial charge in [-0.25, -0.2) is 9.37 Å². The van der Waals surface area contributed by atoms with Gasteiger partial charge in [0.2, 0.25) is 0 Å². The first-order valence-corrected chi connectivity index (χ1v) is 12.8. The molecule has 1 atom stereocenters. The zero-order chi connectivity index (χ0) is 24.8. The lowest BCUT2D eigenvalue weighted by Gasteiger charge is -2.20. The maximum Gasteiger partial charge on any atom is 0.165 e. The summed E-state index contributed by atoms with van der Waals surface area (Å²) in [7, 11) is 1.48. The molecule has 0 bridgehead atoms. The number of ether oxygens (including phenoxy) is 2. The van der Waals surface area contributed by atoms with E-state index in [1.54, 1.807) is 12.1 Å². The summed E-state index contributed by atoms with van der Waals surface area (Å²) >= 11 is 0. The molecule has 5 nitrogen and oxygen atoms in total. The molecule has 1 aliphatic heterocycles. The highest BCUT2D eigenvalue weighted by Gasteiger charge is 2.19. The molecule has 0 radical (unpaired) electrons. The van der Waals surface area contributed by atoms with E-state index < -0.39 is 0 Å². The third-order valence-corrected chi connectivity index (χ3v) is 6.79. The molecule has 2 heterocycles. The molecule has 1 aromatic heterocycles. The molecular weight excluding hydrogens is 441 g/mol. The summed E-state index contributed by atoms with van der Waals surface area (Å²) in [5.41, 5.74) is 3.71. The van der Waals surface area contributed by atoms with Crippen molar-refractivity contribution in [3.63, 3.8) is 0 Å². The van der Waals surface area contributed by atoms with Crippen molar-refractivity contribution >= 4 is 10.9 Å². The van der Waals surface area contributed by atoms with Crippen LogP contribution in [0.1, 0.15) is 45.6 Å². The molecule has 188 valence electrons. The summed E-state index contributed by atoms with van der Waals surface area (Å²) < 4.78 is 25.3. The van der Waals surface area contributed by atoms with E-state index in [0.29, 0.717) is 18.7 Å². The molecule has 3 aromatic rings. The van der Waals surface area contributed by atoms with Gasteiger partial charge in [0.05, 0.1) is 24.9 Å². The monoisotopic (exact) mass is 479 g/mol. The first kappa shape index (κ1) is 25.4. The molecular formula is C29H38FN3O2. The summed E-state index contributed by atoms with van der Waals surface area (Å²) in [4.78, 5) is 7.53. The highest BCUT2D eigenvalue weighted by Crippen LogP contribution is 2.31. The van der Waals surface area contributed by atoms with Gasteiger partial charge >= 0.3 is 0 Å². The van der Waals surface area contributed by atoms with E-state index in [1.807, 2.05) is 12.1 Å². The Morgan fingerprint density at radius 2 is 2.03 bits per heavy atom. The Hall–Kier alpha value is -2.70. The first-order valence-electron chi connectivity index (χ1n) is 12.8. The molecule has 0 saturated carbocycles. The number of nitrogens with zero attached hydrogens (tertiary/aromatic N) is 2. The maximum absolute atomic E-state index is 14.0. The molecule has 0 unspecified atom stereocenters. The van der Waals surface area contributed by atoms with E-state index in [1.165, 1.54) is 32.6 Å². The van der Waals surface area contributed by atoms with Crippen molar-refractivity contribution in [2.24, 2.45) is 0 Å². The molecule has 4 rings (SSSR count). The number of hydrogen-bond acceptors (Lipinski definition) is 5. The van der Waals surface area contributed by atoms with Crippen LogP contribution in [0, 0.1) is 5.82 Å². The molecule has 1 aliphatic rings. The number of halogens is 1. The Balaban J connectivity index is 1.54. The number of rotatable bonds is 11. The van der Waals surface area contributed by atoms with Gasteiger partial charge in [-0.15, -0.1) is 0 Å². The molecule has 1 N–H and O–H groups in total. The van der Waals surface area contributed by atoms with E-state index in [0.717, 1.165) is 59.4 Å². The normalized spacial score (nSPS) is 16.3. The predicted molar refractivity (Wildman–Crippen MR) is 141 cm³/mol. The smallest absolute Gasteiger partial charge is 0.165 e. The second-order valence-electron chi connectivity index (χ2n) is 9.79. The van der Waals surface area contributed by atoms with Crippen molar-refractivity contribution in [1.82, 2.24) is 15.2 Å². The van der Waals surface area contributed by atoms with Gasteiger partial charge in [0.15, 0.2) is 11.6 Å². The van der Waals surface area contributed by atoms with Crippen molar-refractivity contribution in [2.75, 3.05) is 33.4 Å². The number of hydrogen-bond donors (Lipinski definition) is 1. The number of methoxy groups -OCH3 is 1. The minimum absolute atomic E-state index is 0.225. The van der Waals surface area contributed by atoms with E-state index in [2.05, 4.69) is 43.1 Å². The van der Waals surface area contributed by atoms with Gasteiger partial charge in [-0.2, -0.15) is 0 Å². The van der Waals surface area contributed by atoms with Crippen molar-refractivity contribution in [3.8, 4) is 22.8 Å². The molecule has 6 heteroatoms. The lowest BCUT2D eigenvalue weighted by molar-refractivity contribution is 0.230. The van der Waals surface area contributed by atoms with Crippen molar-refractivity contribution in [3.05, 3.63) is 53.8 Å². The number of pyridine rings is 1. The summed E-state index contributed by atoms with van der Waals surface area (Å²) in [5.74, 6) is 0.722. The van der Waals surface area contributed by atoms with Gasteiger partial charge in [0.1, 0.15) is 5.75 Å². The van der Waals surface area contributed by atoms with Gasteiger partial charge in [-0.1, -0.05) is 13.8 Å². The third kappa shape index (κ3) is 6.50. The van der Waals surface area contributed by atoms with Crippen LogP contribution < -0.4 is 14.8 Å². The number of likely N-dealkylation sites (tertiary alicyclic amines) is 1. The van der Waals surface area contributed by atoms with Gasteiger partial charge < -0.3 is 19.7 Å². The molecule has 0 spiro atoms. The highest BCUT2D eigenvalue weighted by molar-refractivity contribution is 5.84. The Labute approximate surface area is 208 Å². The fraction of sp³-hybridized carbons (Fsp3) is 0.483. The Morgan fingerprint density at radius 1 is 1.17 bits per heavy atom. The van der Waals surface area contributed by atoms with E-state index in [9.17, 15) is 4.39 Å². The van der Waals surface area contributed by atoms with Crippen LogP contribution in [0.4, 0.5) is 4.39 Å². The molecule has 0 aliphatic carbocycles. The fourth-order valence-corrected chi connectivity index (χ4v) is 4.81. The van der Waals surface area contributed by atoms with Gasteiger partial charge in [0.25, 0.3) is 0 Å². The van der Waals surface area contributed by atoms with Crippen molar-refractivity contribution < 1.29 is 13.9 Å². The van der Waals surface area contributed by atoms with Crippen LogP contribution in [0.3, 0.4) is 0 Å². The first-order chi connectivity index (χ1) is 16.9. The van der Waals surface area contributed by atoms with Gasteiger partial charge in [0, 0.05) is 29.6 Å². The van der Waals surface area contributed by atoms with Crippen LogP contribution in [0.25, 0.3) is 22.2 Å². The topological polar surface area (TPSA) is 46.6 Å². The van der Waals surface area contributed by atoms with E-state index >= 15 is 0 Å². The van der Waals surface area contributed by atoms with Crippen LogP contribution >= 0.6 is 0 Å². The Morgan fingerprint density at radius 3 is 2.77 bits per heavy atom. The Bertz CT molecular complexity index is 1130.